The number of aromatic nitrogens is 1. The Morgan fingerprint density at radius 1 is 1.35 bits per heavy atom. The van der Waals surface area contributed by atoms with Gasteiger partial charge in [0, 0.05) is 11.6 Å². The molecule has 1 aromatic heterocycles. The number of aryl methyl sites for hydroxylation is 1. The summed E-state index contributed by atoms with van der Waals surface area (Å²) < 4.78 is 9.06. The van der Waals surface area contributed by atoms with Gasteiger partial charge in [-0.25, -0.2) is 9.59 Å². The lowest BCUT2D eigenvalue weighted by Crippen LogP contribution is -2.11. The van der Waals surface area contributed by atoms with Crippen LogP contribution in [-0.4, -0.2) is 35.0 Å². The molecule has 5 nitrogen and oxygen atoms in total. The van der Waals surface area contributed by atoms with E-state index < -0.39 is 16.3 Å². The van der Waals surface area contributed by atoms with E-state index in [1.165, 1.54) is 7.11 Å². The van der Waals surface area contributed by atoms with Crippen molar-refractivity contribution in [3.05, 3.63) is 22.5 Å². The van der Waals surface area contributed by atoms with Crippen molar-refractivity contribution in [3.63, 3.8) is 0 Å². The molecular formula is C13H15Cl2NO4. The highest BCUT2D eigenvalue weighted by atomic mass is 35.5. The predicted molar refractivity (Wildman–Crippen MR) is 74.4 cm³/mol. The second-order valence-corrected chi connectivity index (χ2v) is 6.42. The third kappa shape index (κ3) is 2.79. The molecule has 20 heavy (non-hydrogen) atoms. The first-order valence-electron chi connectivity index (χ1n) is 6.10. The van der Waals surface area contributed by atoms with Gasteiger partial charge in [-0.2, -0.15) is 0 Å². The maximum absolute atomic E-state index is 12.0. The van der Waals surface area contributed by atoms with E-state index in [0.717, 1.165) is 0 Å². The van der Waals surface area contributed by atoms with Gasteiger partial charge in [-0.15, -0.1) is 23.2 Å². The molecule has 0 bridgehead atoms. The van der Waals surface area contributed by atoms with Gasteiger partial charge in [0.2, 0.25) is 0 Å². The fraction of sp³-hybridized carbons (Fsp3) is 0.538. The predicted octanol–water partition coefficient (Wildman–Crippen LogP) is 2.77. The van der Waals surface area contributed by atoms with E-state index in [9.17, 15) is 9.59 Å². The fourth-order valence-corrected chi connectivity index (χ4v) is 2.56. The molecule has 2 rings (SSSR count). The van der Waals surface area contributed by atoms with Crippen molar-refractivity contribution >= 4 is 35.1 Å². The molecule has 7 heteroatoms. The summed E-state index contributed by atoms with van der Waals surface area (Å²) in [6.07, 6.45) is 0.611. The lowest BCUT2D eigenvalue weighted by atomic mass is 10.1. The van der Waals surface area contributed by atoms with Crippen LogP contribution in [0.25, 0.3) is 0 Å². The zero-order chi connectivity index (χ0) is 15.1. The molecular weight excluding hydrogens is 305 g/mol. The second kappa shape index (κ2) is 5.30. The summed E-state index contributed by atoms with van der Waals surface area (Å²) in [4.78, 5) is 26.5. The minimum Gasteiger partial charge on any atom is -0.465 e. The van der Waals surface area contributed by atoms with Gasteiger partial charge in [0.15, 0.2) is 0 Å². The fourth-order valence-electron chi connectivity index (χ4n) is 2.06. The topological polar surface area (TPSA) is 68.4 Å². The van der Waals surface area contributed by atoms with Crippen molar-refractivity contribution in [1.29, 1.82) is 0 Å². The standard InChI is InChI=1S/C13H15Cl2NO4/c1-6-9(11(17)19-3)7(2)16-10(6)12(18)20-5-8-4-13(8,14)15/h8,16H,4-5H2,1-3H3/t8-/m1/s1. The van der Waals surface area contributed by atoms with Crippen LogP contribution in [0.5, 0.6) is 0 Å². The van der Waals surface area contributed by atoms with E-state index in [1.807, 2.05) is 0 Å². The average Bonchev–Trinajstić information content (AvgIpc) is 2.88. The molecule has 1 aliphatic rings. The smallest absolute Gasteiger partial charge is 0.355 e. The molecule has 1 fully saturated rings. The molecule has 1 N–H and O–H groups in total. The number of aromatic amines is 1. The van der Waals surface area contributed by atoms with Gasteiger partial charge in [0.1, 0.15) is 10.0 Å². The summed E-state index contributed by atoms with van der Waals surface area (Å²) in [5, 5.41) is 0. The number of nitrogens with one attached hydrogen (secondary N) is 1. The first kappa shape index (κ1) is 15.2. The Labute approximate surface area is 126 Å². The molecule has 0 aliphatic heterocycles. The molecule has 0 amide bonds. The third-order valence-electron chi connectivity index (χ3n) is 3.40. The van der Waals surface area contributed by atoms with E-state index >= 15 is 0 Å². The van der Waals surface area contributed by atoms with E-state index in [4.69, 9.17) is 27.9 Å². The van der Waals surface area contributed by atoms with Crippen LogP contribution in [0.2, 0.25) is 0 Å². The number of ether oxygens (including phenoxy) is 2. The minimum atomic E-state index is -0.780. The van der Waals surface area contributed by atoms with Gasteiger partial charge in [0.05, 0.1) is 19.3 Å². The Morgan fingerprint density at radius 3 is 2.45 bits per heavy atom. The van der Waals surface area contributed by atoms with Crippen LogP contribution < -0.4 is 0 Å². The molecule has 1 heterocycles. The van der Waals surface area contributed by atoms with E-state index in [1.54, 1.807) is 13.8 Å². The zero-order valence-electron chi connectivity index (χ0n) is 11.4. The summed E-state index contributed by atoms with van der Waals surface area (Å²) in [7, 11) is 1.29. The monoisotopic (exact) mass is 319 g/mol. The van der Waals surface area contributed by atoms with Crippen LogP contribution in [0.15, 0.2) is 0 Å². The highest BCUT2D eigenvalue weighted by molar-refractivity contribution is 6.50. The summed E-state index contributed by atoms with van der Waals surface area (Å²) in [6.45, 7) is 3.52. The maximum atomic E-state index is 12.0. The Balaban J connectivity index is 2.09. The number of H-pyrrole nitrogens is 1. The van der Waals surface area contributed by atoms with E-state index in [2.05, 4.69) is 9.72 Å². The Kier molecular flexibility index (Phi) is 4.02. The summed E-state index contributed by atoms with van der Waals surface area (Å²) in [5.41, 5.74) is 1.68. The van der Waals surface area contributed by atoms with Gasteiger partial charge >= 0.3 is 11.9 Å². The maximum Gasteiger partial charge on any atom is 0.355 e. The lowest BCUT2D eigenvalue weighted by molar-refractivity contribution is 0.0478. The highest BCUT2D eigenvalue weighted by Gasteiger charge is 2.52. The van der Waals surface area contributed by atoms with Crippen LogP contribution in [0, 0.1) is 19.8 Å². The molecule has 1 atom stereocenters. The molecule has 0 radical (unpaired) electrons. The molecule has 1 saturated carbocycles. The van der Waals surface area contributed by atoms with Gasteiger partial charge in [-0.05, 0) is 25.8 Å². The van der Waals surface area contributed by atoms with E-state index in [0.29, 0.717) is 23.2 Å². The summed E-state index contributed by atoms with van der Waals surface area (Å²) in [6, 6.07) is 0. The number of hydrogen-bond donors (Lipinski definition) is 1. The van der Waals surface area contributed by atoms with Gasteiger partial charge in [0.25, 0.3) is 0 Å². The van der Waals surface area contributed by atoms with Crippen LogP contribution >= 0.6 is 23.2 Å². The van der Waals surface area contributed by atoms with Crippen molar-refractivity contribution in [3.8, 4) is 0 Å². The molecule has 1 aromatic rings. The zero-order valence-corrected chi connectivity index (χ0v) is 12.9. The van der Waals surface area contributed by atoms with Crippen molar-refractivity contribution in [2.75, 3.05) is 13.7 Å². The average molecular weight is 320 g/mol. The molecule has 0 aromatic carbocycles. The molecule has 110 valence electrons. The van der Waals surface area contributed by atoms with Crippen molar-refractivity contribution < 1.29 is 19.1 Å². The number of methoxy groups -OCH3 is 1. The lowest BCUT2D eigenvalue weighted by Gasteiger charge is -2.04. The van der Waals surface area contributed by atoms with Crippen LogP contribution in [-0.2, 0) is 9.47 Å². The number of carbonyl (C=O) groups excluding carboxylic acids is 2. The molecule has 0 spiro atoms. The molecule has 0 saturated heterocycles. The summed E-state index contributed by atoms with van der Waals surface area (Å²) in [5.74, 6) is -1.05. The van der Waals surface area contributed by atoms with Crippen molar-refractivity contribution in [2.45, 2.75) is 24.6 Å². The first-order chi connectivity index (χ1) is 9.27. The first-order valence-corrected chi connectivity index (χ1v) is 6.86. The van der Waals surface area contributed by atoms with Gasteiger partial charge < -0.3 is 14.5 Å². The molecule has 0 unspecified atom stereocenters. The van der Waals surface area contributed by atoms with E-state index in [-0.39, 0.29) is 18.2 Å². The van der Waals surface area contributed by atoms with Gasteiger partial charge in [-0.1, -0.05) is 0 Å². The summed E-state index contributed by atoms with van der Waals surface area (Å²) >= 11 is 11.7. The number of carbonyl (C=O) groups is 2. The van der Waals surface area contributed by atoms with Crippen LogP contribution in [0.3, 0.4) is 0 Å². The normalized spacial score (nSPS) is 19.6. The van der Waals surface area contributed by atoms with Gasteiger partial charge in [-0.3, -0.25) is 0 Å². The Morgan fingerprint density at radius 2 is 1.95 bits per heavy atom. The number of alkyl halides is 2. The third-order valence-corrected chi connectivity index (χ3v) is 4.33. The number of esters is 2. The highest BCUT2D eigenvalue weighted by Crippen LogP contribution is 2.53. The number of hydrogen-bond acceptors (Lipinski definition) is 4. The quantitative estimate of drug-likeness (QED) is 0.684. The SMILES string of the molecule is COC(=O)c1c(C)[nH]c(C(=O)OC[C@H]2CC2(Cl)Cl)c1C. The van der Waals surface area contributed by atoms with Crippen LogP contribution in [0.4, 0.5) is 0 Å². The van der Waals surface area contributed by atoms with Crippen molar-refractivity contribution in [1.82, 2.24) is 4.98 Å². The van der Waals surface area contributed by atoms with Crippen molar-refractivity contribution in [2.24, 2.45) is 5.92 Å². The Hall–Kier alpha value is -1.20. The molecule has 1 aliphatic carbocycles. The number of halogens is 2. The largest absolute Gasteiger partial charge is 0.465 e. The van der Waals surface area contributed by atoms with Crippen LogP contribution in [0.1, 0.15) is 38.5 Å². The Bertz CT molecular complexity index is 565. The minimum absolute atomic E-state index is 0.0359. The number of rotatable bonds is 4. The second-order valence-electron chi connectivity index (χ2n) is 4.88.